The predicted molar refractivity (Wildman–Crippen MR) is 76.0 cm³/mol. The van der Waals surface area contributed by atoms with Gasteiger partial charge in [-0.3, -0.25) is 14.5 Å². The Morgan fingerprint density at radius 3 is 2.95 bits per heavy atom. The van der Waals surface area contributed by atoms with Crippen LogP contribution in [-0.4, -0.2) is 35.3 Å². The molecule has 4 nitrogen and oxygen atoms in total. The molecule has 0 bridgehead atoms. The average Bonchev–Trinajstić information content (AvgIpc) is 2.98. The maximum Gasteiger partial charge on any atom is 0.247 e. The van der Waals surface area contributed by atoms with Gasteiger partial charge >= 0.3 is 0 Å². The molecule has 1 aromatic rings. The number of rotatable bonds is 6. The summed E-state index contributed by atoms with van der Waals surface area (Å²) in [5.74, 6) is -0.114. The van der Waals surface area contributed by atoms with Gasteiger partial charge in [0.2, 0.25) is 11.8 Å². The molecule has 1 N–H and O–H groups in total. The summed E-state index contributed by atoms with van der Waals surface area (Å²) < 4.78 is 0. The summed E-state index contributed by atoms with van der Waals surface area (Å²) in [7, 11) is 0. The van der Waals surface area contributed by atoms with Crippen molar-refractivity contribution in [1.29, 1.82) is 0 Å². The highest BCUT2D eigenvalue weighted by molar-refractivity contribution is 7.07. The highest BCUT2D eigenvalue weighted by Gasteiger charge is 2.40. The van der Waals surface area contributed by atoms with E-state index in [0.29, 0.717) is 6.42 Å². The van der Waals surface area contributed by atoms with Gasteiger partial charge in [0.05, 0.1) is 12.5 Å². The molecule has 2 heterocycles. The second kappa shape index (κ2) is 6.30. The molecule has 2 unspecified atom stereocenters. The van der Waals surface area contributed by atoms with Crippen LogP contribution in [0.1, 0.15) is 32.3 Å². The highest BCUT2D eigenvalue weighted by Crippen LogP contribution is 2.18. The van der Waals surface area contributed by atoms with Crippen molar-refractivity contribution in [2.45, 2.75) is 45.2 Å². The maximum atomic E-state index is 12.2. The van der Waals surface area contributed by atoms with E-state index < -0.39 is 0 Å². The molecule has 1 aliphatic rings. The van der Waals surface area contributed by atoms with Crippen molar-refractivity contribution in [3.05, 3.63) is 22.4 Å². The number of carbonyl (C=O) groups excluding carboxylic acids is 2. The average molecular weight is 280 g/mol. The van der Waals surface area contributed by atoms with E-state index in [2.05, 4.69) is 16.8 Å². The van der Waals surface area contributed by atoms with Crippen LogP contribution in [0.5, 0.6) is 0 Å². The highest BCUT2D eigenvalue weighted by atomic mass is 32.1. The van der Waals surface area contributed by atoms with E-state index in [-0.39, 0.29) is 23.9 Å². The van der Waals surface area contributed by atoms with Gasteiger partial charge in [0.1, 0.15) is 0 Å². The summed E-state index contributed by atoms with van der Waals surface area (Å²) >= 11 is 1.67. The summed E-state index contributed by atoms with van der Waals surface area (Å²) in [5.41, 5.74) is 1.27. The molecular weight excluding hydrogens is 260 g/mol. The smallest absolute Gasteiger partial charge is 0.247 e. The van der Waals surface area contributed by atoms with Crippen LogP contribution >= 0.6 is 11.3 Å². The van der Waals surface area contributed by atoms with Crippen LogP contribution in [0.25, 0.3) is 0 Å². The summed E-state index contributed by atoms with van der Waals surface area (Å²) in [6, 6.07) is 1.75. The first-order valence-corrected chi connectivity index (χ1v) is 7.68. The van der Waals surface area contributed by atoms with Gasteiger partial charge in [-0.05, 0) is 48.7 Å². The van der Waals surface area contributed by atoms with Crippen molar-refractivity contribution in [3.8, 4) is 0 Å². The molecule has 0 radical (unpaired) electrons. The number of nitrogens with one attached hydrogen (secondary N) is 1. The van der Waals surface area contributed by atoms with Crippen LogP contribution in [0.3, 0.4) is 0 Å². The van der Waals surface area contributed by atoms with Crippen LogP contribution in [0.2, 0.25) is 0 Å². The molecular formula is C14H20N2O2S. The summed E-state index contributed by atoms with van der Waals surface area (Å²) in [6.07, 6.45) is 2.00. The van der Waals surface area contributed by atoms with Gasteiger partial charge in [-0.15, -0.1) is 0 Å². The number of thiophene rings is 1. The van der Waals surface area contributed by atoms with Crippen LogP contribution in [0.15, 0.2) is 16.8 Å². The lowest BCUT2D eigenvalue weighted by Crippen LogP contribution is -2.43. The molecule has 104 valence electrons. The first-order valence-electron chi connectivity index (χ1n) is 6.73. The monoisotopic (exact) mass is 280 g/mol. The third-order valence-electron chi connectivity index (χ3n) is 3.60. The van der Waals surface area contributed by atoms with Gasteiger partial charge in [0, 0.05) is 6.04 Å². The third-order valence-corrected chi connectivity index (χ3v) is 4.33. The number of imide groups is 1. The van der Waals surface area contributed by atoms with E-state index in [1.807, 2.05) is 19.2 Å². The van der Waals surface area contributed by atoms with E-state index in [4.69, 9.17) is 0 Å². The summed E-state index contributed by atoms with van der Waals surface area (Å²) in [5, 5.41) is 7.35. The summed E-state index contributed by atoms with van der Waals surface area (Å²) in [4.78, 5) is 25.4. The lowest BCUT2D eigenvalue weighted by atomic mass is 10.2. The number of amides is 2. The molecule has 1 fully saturated rings. The largest absolute Gasteiger partial charge is 0.305 e. The topological polar surface area (TPSA) is 49.4 Å². The molecule has 19 heavy (non-hydrogen) atoms. The quantitative estimate of drug-likeness (QED) is 0.809. The Bertz CT molecular complexity index is 444. The molecule has 2 atom stereocenters. The van der Waals surface area contributed by atoms with Gasteiger partial charge < -0.3 is 5.32 Å². The lowest BCUT2D eigenvalue weighted by molar-refractivity contribution is -0.141. The Morgan fingerprint density at radius 2 is 2.32 bits per heavy atom. The molecule has 0 aromatic carbocycles. The number of hydrogen-bond acceptors (Lipinski definition) is 4. The molecule has 0 saturated carbocycles. The number of hydrogen-bond donors (Lipinski definition) is 1. The Morgan fingerprint density at radius 1 is 1.53 bits per heavy atom. The first-order chi connectivity index (χ1) is 9.13. The van der Waals surface area contributed by atoms with Crippen molar-refractivity contribution in [3.63, 3.8) is 0 Å². The molecule has 0 aliphatic carbocycles. The van der Waals surface area contributed by atoms with Crippen molar-refractivity contribution in [2.24, 2.45) is 0 Å². The second-order valence-electron chi connectivity index (χ2n) is 4.95. The molecule has 1 aliphatic heterocycles. The molecule has 5 heteroatoms. The van der Waals surface area contributed by atoms with Crippen LogP contribution in [0.4, 0.5) is 0 Å². The molecule has 1 saturated heterocycles. The van der Waals surface area contributed by atoms with E-state index in [9.17, 15) is 9.59 Å². The van der Waals surface area contributed by atoms with Crippen LogP contribution in [-0.2, 0) is 16.0 Å². The Balaban J connectivity index is 1.85. The minimum Gasteiger partial charge on any atom is -0.305 e. The van der Waals surface area contributed by atoms with Gasteiger partial charge in [-0.2, -0.15) is 11.3 Å². The van der Waals surface area contributed by atoms with Crippen molar-refractivity contribution < 1.29 is 9.59 Å². The second-order valence-corrected chi connectivity index (χ2v) is 5.73. The first kappa shape index (κ1) is 14.2. The predicted octanol–water partition coefficient (Wildman–Crippen LogP) is 1.81. The van der Waals surface area contributed by atoms with E-state index in [1.165, 1.54) is 10.5 Å². The lowest BCUT2D eigenvalue weighted by Gasteiger charge is -2.21. The molecule has 2 rings (SSSR count). The minimum absolute atomic E-state index is 0.00340. The van der Waals surface area contributed by atoms with Crippen LogP contribution in [0, 0.1) is 0 Å². The number of carbonyl (C=O) groups is 2. The maximum absolute atomic E-state index is 12.2. The Labute approximate surface area is 117 Å². The van der Waals surface area contributed by atoms with E-state index >= 15 is 0 Å². The van der Waals surface area contributed by atoms with E-state index in [0.717, 1.165) is 19.4 Å². The molecule has 1 aromatic heterocycles. The zero-order valence-corrected chi connectivity index (χ0v) is 12.2. The molecule has 2 amide bonds. The molecule has 0 spiro atoms. The zero-order chi connectivity index (χ0) is 13.8. The van der Waals surface area contributed by atoms with Gasteiger partial charge in [-0.25, -0.2) is 0 Å². The van der Waals surface area contributed by atoms with Gasteiger partial charge in [0.25, 0.3) is 0 Å². The van der Waals surface area contributed by atoms with E-state index in [1.54, 1.807) is 11.3 Å². The SMILES string of the molecule is CCC(C)N1C(=O)CC(NCCc2ccsc2)C1=O. The van der Waals surface area contributed by atoms with Crippen molar-refractivity contribution in [1.82, 2.24) is 10.2 Å². The van der Waals surface area contributed by atoms with Gasteiger partial charge in [0.15, 0.2) is 0 Å². The zero-order valence-electron chi connectivity index (χ0n) is 11.4. The van der Waals surface area contributed by atoms with Crippen molar-refractivity contribution >= 4 is 23.2 Å². The normalized spacial score (nSPS) is 21.2. The number of nitrogens with zero attached hydrogens (tertiary/aromatic N) is 1. The fourth-order valence-corrected chi connectivity index (χ4v) is 2.98. The van der Waals surface area contributed by atoms with Crippen LogP contribution < -0.4 is 5.32 Å². The van der Waals surface area contributed by atoms with Crippen molar-refractivity contribution in [2.75, 3.05) is 6.54 Å². The fourth-order valence-electron chi connectivity index (χ4n) is 2.28. The number of likely N-dealkylation sites (tertiary alicyclic amines) is 1. The Kier molecular flexibility index (Phi) is 4.71. The Hall–Kier alpha value is -1.20. The fraction of sp³-hybridized carbons (Fsp3) is 0.571. The minimum atomic E-state index is -0.333. The standard InChI is InChI=1S/C14H20N2O2S/c1-3-10(2)16-13(17)8-12(14(16)18)15-6-4-11-5-7-19-9-11/h5,7,9-10,12,15H,3-4,6,8H2,1-2H3. The third kappa shape index (κ3) is 3.22. The summed E-state index contributed by atoms with van der Waals surface area (Å²) in [6.45, 7) is 4.64. The van der Waals surface area contributed by atoms with Gasteiger partial charge in [-0.1, -0.05) is 6.92 Å².